The zero-order valence-electron chi connectivity index (χ0n) is 50.3. The second-order valence-electron chi connectivity index (χ2n) is 22.4. The van der Waals surface area contributed by atoms with Crippen LogP contribution in [0, 0.1) is 0 Å². The van der Waals surface area contributed by atoms with Gasteiger partial charge >= 0.3 is 17.9 Å². The maximum Gasteiger partial charge on any atom is 0.306 e. The smallest absolute Gasteiger partial charge is 0.306 e. The van der Waals surface area contributed by atoms with Crippen LogP contribution in [0.5, 0.6) is 0 Å². The van der Waals surface area contributed by atoms with Gasteiger partial charge in [-0.15, -0.1) is 0 Å². The lowest BCUT2D eigenvalue weighted by Gasteiger charge is -2.18. The van der Waals surface area contributed by atoms with Crippen LogP contribution in [0.3, 0.4) is 0 Å². The number of carbonyl (C=O) groups is 3. The molecule has 0 N–H and O–H groups in total. The van der Waals surface area contributed by atoms with Crippen molar-refractivity contribution < 1.29 is 28.6 Å². The van der Waals surface area contributed by atoms with Crippen LogP contribution in [0.2, 0.25) is 0 Å². The molecule has 1 atom stereocenters. The average Bonchev–Trinajstić information content (AvgIpc) is 3.41. The van der Waals surface area contributed by atoms with E-state index in [1.807, 2.05) is 0 Å². The first-order valence-electron chi connectivity index (χ1n) is 33.1. The molecule has 0 saturated carbocycles. The molecule has 0 saturated heterocycles. The van der Waals surface area contributed by atoms with Crippen molar-refractivity contribution in [2.45, 2.75) is 361 Å². The Morgan fingerprint density at radius 3 is 0.787 bits per heavy atom. The summed E-state index contributed by atoms with van der Waals surface area (Å²) in [5.41, 5.74) is 0. The van der Waals surface area contributed by atoms with Gasteiger partial charge in [-0.1, -0.05) is 301 Å². The molecule has 75 heavy (non-hydrogen) atoms. The molecule has 0 aromatic carbocycles. The molecule has 0 spiro atoms. The number of rotatable bonds is 61. The summed E-state index contributed by atoms with van der Waals surface area (Å²) in [5, 5.41) is 0. The van der Waals surface area contributed by atoms with Crippen molar-refractivity contribution in [1.82, 2.24) is 0 Å². The third-order valence-electron chi connectivity index (χ3n) is 14.8. The fourth-order valence-electron chi connectivity index (χ4n) is 9.80. The van der Waals surface area contributed by atoms with E-state index in [1.54, 1.807) is 0 Å². The summed E-state index contributed by atoms with van der Waals surface area (Å²) in [6.45, 7) is 6.64. The number of hydrogen-bond donors (Lipinski definition) is 0. The quantitative estimate of drug-likeness (QED) is 0.0261. The highest BCUT2D eigenvalue weighted by Gasteiger charge is 2.19. The Hall–Kier alpha value is -2.63. The third kappa shape index (κ3) is 62.1. The highest BCUT2D eigenvalue weighted by atomic mass is 16.6. The van der Waals surface area contributed by atoms with Gasteiger partial charge in [0.1, 0.15) is 13.2 Å². The first-order chi connectivity index (χ1) is 37.0. The molecule has 0 aliphatic carbocycles. The number of carbonyl (C=O) groups excluding carboxylic acids is 3. The van der Waals surface area contributed by atoms with Gasteiger partial charge < -0.3 is 14.2 Å². The topological polar surface area (TPSA) is 78.9 Å². The highest BCUT2D eigenvalue weighted by molar-refractivity contribution is 5.71. The lowest BCUT2D eigenvalue weighted by atomic mass is 10.0. The van der Waals surface area contributed by atoms with Crippen molar-refractivity contribution in [3.8, 4) is 0 Å². The summed E-state index contributed by atoms with van der Waals surface area (Å²) in [7, 11) is 0. The summed E-state index contributed by atoms with van der Waals surface area (Å²) in [6, 6.07) is 0. The van der Waals surface area contributed by atoms with Crippen LogP contribution in [0.15, 0.2) is 48.6 Å². The van der Waals surface area contributed by atoms with Gasteiger partial charge in [0.25, 0.3) is 0 Å². The van der Waals surface area contributed by atoms with Crippen LogP contribution >= 0.6 is 0 Å². The lowest BCUT2D eigenvalue weighted by Crippen LogP contribution is -2.30. The van der Waals surface area contributed by atoms with Crippen molar-refractivity contribution in [2.75, 3.05) is 13.2 Å². The first-order valence-corrected chi connectivity index (χ1v) is 33.1. The van der Waals surface area contributed by atoms with Crippen molar-refractivity contribution in [3.05, 3.63) is 48.6 Å². The Labute approximate surface area is 467 Å². The van der Waals surface area contributed by atoms with Crippen molar-refractivity contribution in [2.24, 2.45) is 0 Å². The minimum Gasteiger partial charge on any atom is -0.462 e. The van der Waals surface area contributed by atoms with E-state index in [0.29, 0.717) is 19.3 Å². The molecular formula is C69H126O6. The van der Waals surface area contributed by atoms with E-state index in [-0.39, 0.29) is 31.1 Å². The number of unbranched alkanes of at least 4 members (excludes halogenated alkanes) is 42. The largest absolute Gasteiger partial charge is 0.462 e. The van der Waals surface area contributed by atoms with E-state index in [2.05, 4.69) is 69.4 Å². The van der Waals surface area contributed by atoms with Crippen LogP contribution in [-0.2, 0) is 28.6 Å². The molecule has 0 aromatic heterocycles. The summed E-state index contributed by atoms with van der Waals surface area (Å²) >= 11 is 0. The van der Waals surface area contributed by atoms with Gasteiger partial charge in [-0.25, -0.2) is 0 Å². The Morgan fingerprint density at radius 2 is 0.480 bits per heavy atom. The molecule has 0 heterocycles. The van der Waals surface area contributed by atoms with Crippen molar-refractivity contribution in [3.63, 3.8) is 0 Å². The van der Waals surface area contributed by atoms with Crippen LogP contribution < -0.4 is 0 Å². The zero-order chi connectivity index (χ0) is 54.3. The van der Waals surface area contributed by atoms with Crippen molar-refractivity contribution in [1.29, 1.82) is 0 Å². The van der Waals surface area contributed by atoms with Crippen LogP contribution in [-0.4, -0.2) is 37.2 Å². The monoisotopic (exact) mass is 1050 g/mol. The fraction of sp³-hybridized carbons (Fsp3) is 0.841. The average molecular weight is 1050 g/mol. The Bertz CT molecular complexity index is 1300. The van der Waals surface area contributed by atoms with Crippen molar-refractivity contribution >= 4 is 17.9 Å². The predicted octanol–water partition coefficient (Wildman–Crippen LogP) is 22.6. The fourth-order valence-corrected chi connectivity index (χ4v) is 9.80. The molecule has 6 heteroatoms. The molecule has 6 nitrogen and oxygen atoms in total. The van der Waals surface area contributed by atoms with Crippen LogP contribution in [0.25, 0.3) is 0 Å². The summed E-state index contributed by atoms with van der Waals surface area (Å²) < 4.78 is 16.9. The SMILES string of the molecule is CCCCC/C=C\CCCCCCCC(=O)OCC(COC(=O)CCCCCCCCCCCCCCCCCC/C=C\C/C=C\C/C=C\CCCCCCC)OC(=O)CCCCCCCCCCCCCCCC. The molecule has 0 aliphatic rings. The first kappa shape index (κ1) is 72.4. The summed E-state index contributed by atoms with van der Waals surface area (Å²) in [5.74, 6) is -0.860. The normalized spacial score (nSPS) is 12.3. The van der Waals surface area contributed by atoms with Gasteiger partial charge in [-0.05, 0) is 83.5 Å². The second kappa shape index (κ2) is 63.9. The van der Waals surface area contributed by atoms with Gasteiger partial charge in [0.2, 0.25) is 0 Å². The maximum absolute atomic E-state index is 12.9. The molecule has 0 aliphatic heterocycles. The zero-order valence-corrected chi connectivity index (χ0v) is 50.3. The van der Waals surface area contributed by atoms with Gasteiger partial charge in [0.05, 0.1) is 0 Å². The number of ether oxygens (including phenoxy) is 3. The molecular weight excluding hydrogens is 925 g/mol. The maximum atomic E-state index is 12.9. The molecule has 0 fully saturated rings. The van der Waals surface area contributed by atoms with E-state index >= 15 is 0 Å². The highest BCUT2D eigenvalue weighted by Crippen LogP contribution is 2.17. The van der Waals surface area contributed by atoms with Gasteiger partial charge in [-0.3, -0.25) is 14.4 Å². The lowest BCUT2D eigenvalue weighted by molar-refractivity contribution is -0.167. The Kier molecular flexibility index (Phi) is 61.7. The molecule has 1 unspecified atom stereocenters. The third-order valence-corrected chi connectivity index (χ3v) is 14.8. The molecule has 0 bridgehead atoms. The van der Waals surface area contributed by atoms with E-state index in [0.717, 1.165) is 77.0 Å². The number of hydrogen-bond acceptors (Lipinski definition) is 6. The van der Waals surface area contributed by atoms with Crippen LogP contribution in [0.4, 0.5) is 0 Å². The number of allylic oxidation sites excluding steroid dienone is 8. The molecule has 0 rings (SSSR count). The summed E-state index contributed by atoms with van der Waals surface area (Å²) in [4.78, 5) is 38.2. The van der Waals surface area contributed by atoms with Crippen LogP contribution in [0.1, 0.15) is 355 Å². The molecule has 0 amide bonds. The minimum atomic E-state index is -0.773. The molecule has 0 aromatic rings. The van der Waals surface area contributed by atoms with E-state index < -0.39 is 6.10 Å². The van der Waals surface area contributed by atoms with Gasteiger partial charge in [0, 0.05) is 19.3 Å². The second-order valence-corrected chi connectivity index (χ2v) is 22.4. The predicted molar refractivity (Wildman–Crippen MR) is 325 cm³/mol. The molecule has 438 valence electrons. The minimum absolute atomic E-state index is 0.0710. The van der Waals surface area contributed by atoms with E-state index in [4.69, 9.17) is 14.2 Å². The van der Waals surface area contributed by atoms with E-state index in [9.17, 15) is 14.4 Å². The Balaban J connectivity index is 4.12. The standard InChI is InChI=1S/C69H126O6/c1-4-7-10-13-16-19-22-25-27-28-29-30-31-32-33-34-35-36-37-38-39-40-41-42-43-45-47-50-53-56-59-62-68(71)74-65-66(64-73-67(70)61-58-55-52-49-46-24-21-18-15-12-9-6-3)75-69(72)63-60-57-54-51-48-44-26-23-20-17-14-11-8-5-2/h18,21-22,25,28-29,31-32,66H,4-17,19-20,23-24,26-27,30,33-65H2,1-3H3/b21-18-,25-22-,29-28-,32-31-. The van der Waals surface area contributed by atoms with E-state index in [1.165, 1.54) is 238 Å². The van der Waals surface area contributed by atoms with Gasteiger partial charge in [0.15, 0.2) is 6.10 Å². The number of esters is 3. The summed E-state index contributed by atoms with van der Waals surface area (Å²) in [6.07, 6.45) is 79.9. The molecule has 0 radical (unpaired) electrons. The Morgan fingerprint density at radius 1 is 0.267 bits per heavy atom. The van der Waals surface area contributed by atoms with Gasteiger partial charge in [-0.2, -0.15) is 0 Å².